The predicted octanol–water partition coefficient (Wildman–Crippen LogP) is 6.43. The third-order valence-electron chi connectivity index (χ3n) is 4.90. The number of methoxy groups -OCH3 is 1. The van der Waals surface area contributed by atoms with Crippen LogP contribution in [0.5, 0.6) is 11.5 Å². The van der Waals surface area contributed by atoms with E-state index in [1.54, 1.807) is 24.3 Å². The highest BCUT2D eigenvalue weighted by Crippen LogP contribution is 2.30. The summed E-state index contributed by atoms with van der Waals surface area (Å²) < 4.78 is 25.9. The Morgan fingerprint density at radius 1 is 1.17 bits per heavy atom. The molecule has 0 saturated carbocycles. The van der Waals surface area contributed by atoms with Gasteiger partial charge in [-0.3, -0.25) is 4.79 Å². The van der Waals surface area contributed by atoms with Crippen LogP contribution in [-0.4, -0.2) is 30.0 Å². The van der Waals surface area contributed by atoms with E-state index in [0.29, 0.717) is 17.1 Å². The van der Waals surface area contributed by atoms with Crippen molar-refractivity contribution in [3.05, 3.63) is 94.1 Å². The molecule has 4 aromatic rings. The molecule has 4 rings (SSSR count). The van der Waals surface area contributed by atoms with E-state index in [-0.39, 0.29) is 28.9 Å². The van der Waals surface area contributed by atoms with E-state index < -0.39 is 5.82 Å². The van der Waals surface area contributed by atoms with Crippen molar-refractivity contribution in [3.8, 4) is 22.8 Å². The van der Waals surface area contributed by atoms with Crippen molar-refractivity contribution < 1.29 is 18.7 Å². The second-order valence-electron chi connectivity index (χ2n) is 7.35. The second kappa shape index (κ2) is 12.5. The SMILES string of the molecule is COc1cc(/C=N/NC(=O)CSc2nc(-c3ccccc3)cs2)ccc1OCc1c(F)cccc1Cl. The van der Waals surface area contributed by atoms with E-state index in [2.05, 4.69) is 15.5 Å². The number of aromatic nitrogens is 1. The number of hydrazone groups is 1. The number of ether oxygens (including phenoxy) is 2. The largest absolute Gasteiger partial charge is 0.493 e. The fourth-order valence-electron chi connectivity index (χ4n) is 3.11. The normalized spacial score (nSPS) is 11.0. The Hall–Kier alpha value is -3.40. The minimum absolute atomic E-state index is 0.0467. The molecule has 36 heavy (non-hydrogen) atoms. The summed E-state index contributed by atoms with van der Waals surface area (Å²) in [5.74, 6) is 0.361. The van der Waals surface area contributed by atoms with Gasteiger partial charge in [-0.05, 0) is 35.9 Å². The van der Waals surface area contributed by atoms with Gasteiger partial charge in [0.1, 0.15) is 12.4 Å². The zero-order valence-electron chi connectivity index (χ0n) is 19.1. The van der Waals surface area contributed by atoms with Gasteiger partial charge in [0, 0.05) is 16.5 Å². The third kappa shape index (κ3) is 6.84. The molecule has 0 radical (unpaired) electrons. The Balaban J connectivity index is 1.28. The molecule has 10 heteroatoms. The number of amides is 1. The van der Waals surface area contributed by atoms with Crippen LogP contribution in [0.15, 0.2) is 81.6 Å². The number of nitrogens with zero attached hydrogens (tertiary/aromatic N) is 2. The van der Waals surface area contributed by atoms with Gasteiger partial charge in [-0.25, -0.2) is 14.8 Å². The van der Waals surface area contributed by atoms with Crippen molar-refractivity contribution in [3.63, 3.8) is 0 Å². The summed E-state index contributed by atoms with van der Waals surface area (Å²) in [6.07, 6.45) is 1.50. The van der Waals surface area contributed by atoms with E-state index in [4.69, 9.17) is 21.1 Å². The molecule has 184 valence electrons. The van der Waals surface area contributed by atoms with Gasteiger partial charge in [-0.15, -0.1) is 11.3 Å². The number of carbonyl (C=O) groups excluding carboxylic acids is 1. The fourth-order valence-corrected chi connectivity index (χ4v) is 4.95. The first kappa shape index (κ1) is 25.7. The van der Waals surface area contributed by atoms with Gasteiger partial charge in [0.25, 0.3) is 5.91 Å². The average molecular weight is 542 g/mol. The molecule has 1 heterocycles. The molecule has 0 aliphatic rings. The van der Waals surface area contributed by atoms with Crippen molar-refractivity contribution in [2.75, 3.05) is 12.9 Å². The number of rotatable bonds is 10. The molecule has 0 atom stereocenters. The summed E-state index contributed by atoms with van der Waals surface area (Å²) in [5, 5.41) is 6.27. The average Bonchev–Trinajstić information content (AvgIpc) is 3.37. The van der Waals surface area contributed by atoms with Crippen LogP contribution in [0.3, 0.4) is 0 Å². The molecule has 0 aliphatic heterocycles. The van der Waals surface area contributed by atoms with Crippen LogP contribution in [0.1, 0.15) is 11.1 Å². The van der Waals surface area contributed by atoms with Crippen molar-refractivity contribution in [1.29, 1.82) is 0 Å². The highest BCUT2D eigenvalue weighted by Gasteiger charge is 2.11. The van der Waals surface area contributed by atoms with Gasteiger partial charge in [0.15, 0.2) is 15.8 Å². The number of thiazole rings is 1. The first-order valence-electron chi connectivity index (χ1n) is 10.7. The predicted molar refractivity (Wildman–Crippen MR) is 143 cm³/mol. The number of hydrogen-bond donors (Lipinski definition) is 1. The lowest BCUT2D eigenvalue weighted by atomic mass is 10.2. The number of carbonyl (C=O) groups is 1. The highest BCUT2D eigenvalue weighted by atomic mass is 35.5. The van der Waals surface area contributed by atoms with E-state index in [1.807, 2.05) is 35.7 Å². The molecular formula is C26H21ClFN3O3S2. The lowest BCUT2D eigenvalue weighted by Crippen LogP contribution is -2.19. The summed E-state index contributed by atoms with van der Waals surface area (Å²) >= 11 is 8.90. The molecule has 1 N–H and O–H groups in total. The van der Waals surface area contributed by atoms with Crippen LogP contribution in [0, 0.1) is 5.82 Å². The Morgan fingerprint density at radius 3 is 2.78 bits per heavy atom. The Kier molecular flexibility index (Phi) is 8.94. The van der Waals surface area contributed by atoms with E-state index in [0.717, 1.165) is 15.6 Å². The Labute approximate surface area is 221 Å². The zero-order chi connectivity index (χ0) is 25.3. The number of nitrogens with one attached hydrogen (secondary N) is 1. The molecule has 0 saturated heterocycles. The lowest BCUT2D eigenvalue weighted by molar-refractivity contribution is -0.118. The van der Waals surface area contributed by atoms with Crippen LogP contribution in [0.2, 0.25) is 5.02 Å². The highest BCUT2D eigenvalue weighted by molar-refractivity contribution is 8.01. The van der Waals surface area contributed by atoms with Crippen LogP contribution in [-0.2, 0) is 11.4 Å². The molecule has 3 aromatic carbocycles. The van der Waals surface area contributed by atoms with Gasteiger partial charge in [-0.1, -0.05) is 59.8 Å². The summed E-state index contributed by atoms with van der Waals surface area (Å²) in [5.41, 5.74) is 5.39. The first-order valence-corrected chi connectivity index (χ1v) is 13.0. The maximum absolute atomic E-state index is 14.0. The topological polar surface area (TPSA) is 72.8 Å². The molecular weight excluding hydrogens is 521 g/mol. The van der Waals surface area contributed by atoms with Crippen LogP contribution in [0.4, 0.5) is 4.39 Å². The van der Waals surface area contributed by atoms with Crippen molar-refractivity contribution in [2.45, 2.75) is 10.9 Å². The van der Waals surface area contributed by atoms with Crippen molar-refractivity contribution >= 4 is 46.8 Å². The summed E-state index contributed by atoms with van der Waals surface area (Å²) in [6.45, 7) is -0.0467. The zero-order valence-corrected chi connectivity index (χ0v) is 21.5. The summed E-state index contributed by atoms with van der Waals surface area (Å²) in [4.78, 5) is 16.7. The van der Waals surface area contributed by atoms with Gasteiger partial charge >= 0.3 is 0 Å². The molecule has 0 unspecified atom stereocenters. The molecule has 6 nitrogen and oxygen atoms in total. The number of halogens is 2. The van der Waals surface area contributed by atoms with E-state index in [1.165, 1.54) is 48.6 Å². The molecule has 1 amide bonds. The Morgan fingerprint density at radius 2 is 2.00 bits per heavy atom. The quantitative estimate of drug-likeness (QED) is 0.142. The molecule has 0 aliphatic carbocycles. The standard InChI is InChI=1S/C26H21ClFN3O3S2/c1-33-24-12-17(10-11-23(24)34-14-19-20(27)8-5-9-21(19)28)13-29-31-25(32)16-36-26-30-22(15-35-26)18-6-3-2-4-7-18/h2-13,15H,14,16H2,1H3,(H,31,32)/b29-13+. The lowest BCUT2D eigenvalue weighted by Gasteiger charge is -2.12. The number of benzene rings is 3. The number of thioether (sulfide) groups is 1. The monoisotopic (exact) mass is 541 g/mol. The van der Waals surface area contributed by atoms with Crippen LogP contribution in [0.25, 0.3) is 11.3 Å². The first-order chi connectivity index (χ1) is 17.5. The van der Waals surface area contributed by atoms with E-state index in [9.17, 15) is 9.18 Å². The maximum Gasteiger partial charge on any atom is 0.250 e. The third-order valence-corrected chi connectivity index (χ3v) is 7.28. The smallest absolute Gasteiger partial charge is 0.250 e. The molecule has 0 fully saturated rings. The van der Waals surface area contributed by atoms with Crippen molar-refractivity contribution in [2.24, 2.45) is 5.10 Å². The molecule has 0 spiro atoms. The van der Waals surface area contributed by atoms with Gasteiger partial charge in [0.2, 0.25) is 0 Å². The van der Waals surface area contributed by atoms with Crippen molar-refractivity contribution in [1.82, 2.24) is 10.4 Å². The minimum atomic E-state index is -0.439. The van der Waals surface area contributed by atoms with Gasteiger partial charge in [-0.2, -0.15) is 5.10 Å². The summed E-state index contributed by atoms with van der Waals surface area (Å²) in [7, 11) is 1.50. The van der Waals surface area contributed by atoms with Crippen LogP contribution >= 0.6 is 34.7 Å². The van der Waals surface area contributed by atoms with Gasteiger partial charge < -0.3 is 9.47 Å². The minimum Gasteiger partial charge on any atom is -0.493 e. The fraction of sp³-hybridized carbons (Fsp3) is 0.115. The second-order valence-corrected chi connectivity index (χ2v) is 9.83. The summed E-state index contributed by atoms with van der Waals surface area (Å²) in [6, 6.07) is 19.5. The molecule has 0 bridgehead atoms. The molecule has 1 aromatic heterocycles. The Bertz CT molecular complexity index is 1350. The van der Waals surface area contributed by atoms with Crippen LogP contribution < -0.4 is 14.9 Å². The number of hydrogen-bond acceptors (Lipinski definition) is 7. The van der Waals surface area contributed by atoms with Gasteiger partial charge in [0.05, 0.1) is 29.8 Å². The maximum atomic E-state index is 14.0. The van der Waals surface area contributed by atoms with E-state index >= 15 is 0 Å².